The quantitative estimate of drug-likeness (QED) is 0.683. The van der Waals surface area contributed by atoms with Gasteiger partial charge in [-0.15, -0.1) is 0 Å². The molecule has 2 heterocycles. The van der Waals surface area contributed by atoms with E-state index in [4.69, 9.17) is 5.73 Å². The van der Waals surface area contributed by atoms with Crippen molar-refractivity contribution in [3.63, 3.8) is 0 Å². The lowest BCUT2D eigenvalue weighted by Gasteiger charge is -2.07. The van der Waals surface area contributed by atoms with Crippen LogP contribution in [0.1, 0.15) is 5.69 Å². The van der Waals surface area contributed by atoms with Crippen molar-refractivity contribution in [2.24, 2.45) is 7.05 Å². The monoisotopic (exact) mass is 254 g/mol. The fourth-order valence-electron chi connectivity index (χ4n) is 2.02. The Morgan fingerprint density at radius 1 is 1.26 bits per heavy atom. The van der Waals surface area contributed by atoms with E-state index >= 15 is 0 Å². The minimum atomic E-state index is 0.690. The average molecular weight is 254 g/mol. The molecule has 0 saturated carbocycles. The summed E-state index contributed by atoms with van der Waals surface area (Å²) in [5, 5.41) is 8.50. The van der Waals surface area contributed by atoms with Crippen LogP contribution in [0.2, 0.25) is 0 Å². The van der Waals surface area contributed by atoms with Crippen LogP contribution in [0.4, 0.5) is 17.2 Å². The lowest BCUT2D eigenvalue weighted by molar-refractivity contribution is 0.756. The van der Waals surface area contributed by atoms with Crippen LogP contribution in [0.15, 0.2) is 30.7 Å². The molecule has 0 fully saturated rings. The molecule has 0 amide bonds. The molecule has 0 saturated heterocycles. The minimum absolute atomic E-state index is 0.690. The van der Waals surface area contributed by atoms with E-state index in [9.17, 15) is 0 Å². The number of hydrogen-bond acceptors (Lipinski definition) is 5. The molecule has 0 atom stereocenters. The highest BCUT2D eigenvalue weighted by molar-refractivity contribution is 5.92. The second-order valence-corrected chi connectivity index (χ2v) is 4.43. The molecule has 19 heavy (non-hydrogen) atoms. The van der Waals surface area contributed by atoms with Crippen LogP contribution in [0, 0.1) is 6.92 Å². The highest BCUT2D eigenvalue weighted by atomic mass is 15.3. The number of aryl methyl sites for hydroxylation is 2. The Bertz CT molecular complexity index is 746. The Morgan fingerprint density at radius 3 is 2.84 bits per heavy atom. The van der Waals surface area contributed by atoms with Crippen LogP contribution in [0.5, 0.6) is 0 Å². The standard InChI is InChI=1S/C13H14N6/c1-8-12(6-19(2)18-8)17-13-10-4-3-9(14)5-11(10)15-7-16-13/h3-7H,14H2,1-2H3,(H,15,16,17). The number of nitrogens with one attached hydrogen (secondary N) is 1. The zero-order valence-corrected chi connectivity index (χ0v) is 10.8. The van der Waals surface area contributed by atoms with Gasteiger partial charge in [0.2, 0.25) is 0 Å². The Labute approximate surface area is 110 Å². The van der Waals surface area contributed by atoms with Crippen LogP contribution in [0.25, 0.3) is 10.9 Å². The summed E-state index contributed by atoms with van der Waals surface area (Å²) < 4.78 is 1.76. The van der Waals surface area contributed by atoms with Crippen LogP contribution < -0.4 is 11.1 Å². The van der Waals surface area contributed by atoms with Gasteiger partial charge in [0.1, 0.15) is 12.1 Å². The zero-order chi connectivity index (χ0) is 13.4. The van der Waals surface area contributed by atoms with Crippen molar-refractivity contribution in [1.29, 1.82) is 0 Å². The maximum atomic E-state index is 5.76. The summed E-state index contributed by atoms with van der Waals surface area (Å²) in [6.07, 6.45) is 3.44. The van der Waals surface area contributed by atoms with Crippen molar-refractivity contribution < 1.29 is 0 Å². The van der Waals surface area contributed by atoms with Gasteiger partial charge in [-0.25, -0.2) is 9.97 Å². The summed E-state index contributed by atoms with van der Waals surface area (Å²) in [6.45, 7) is 1.95. The predicted octanol–water partition coefficient (Wildman–Crippen LogP) is 2.00. The SMILES string of the molecule is Cc1nn(C)cc1Nc1ncnc2cc(N)ccc12. The molecule has 0 unspecified atom stereocenters. The third kappa shape index (κ3) is 2.08. The topological polar surface area (TPSA) is 81.7 Å². The molecule has 0 aliphatic carbocycles. The first-order chi connectivity index (χ1) is 9.13. The van der Waals surface area contributed by atoms with E-state index in [1.54, 1.807) is 4.68 Å². The van der Waals surface area contributed by atoms with E-state index in [0.717, 1.165) is 28.1 Å². The minimum Gasteiger partial charge on any atom is -0.399 e. The van der Waals surface area contributed by atoms with E-state index in [2.05, 4.69) is 20.4 Å². The number of anilines is 3. The highest BCUT2D eigenvalue weighted by Crippen LogP contribution is 2.25. The van der Waals surface area contributed by atoms with Gasteiger partial charge in [0.15, 0.2) is 0 Å². The Balaban J connectivity index is 2.08. The lowest BCUT2D eigenvalue weighted by Crippen LogP contribution is -1.97. The molecule has 3 aromatic rings. The zero-order valence-electron chi connectivity index (χ0n) is 10.8. The largest absolute Gasteiger partial charge is 0.399 e. The molecule has 0 bridgehead atoms. The lowest BCUT2D eigenvalue weighted by atomic mass is 10.2. The maximum Gasteiger partial charge on any atom is 0.141 e. The Kier molecular flexibility index (Phi) is 2.56. The third-order valence-electron chi connectivity index (χ3n) is 2.93. The van der Waals surface area contributed by atoms with Crippen molar-refractivity contribution in [2.45, 2.75) is 6.92 Å². The highest BCUT2D eigenvalue weighted by Gasteiger charge is 2.08. The van der Waals surface area contributed by atoms with Gasteiger partial charge in [0, 0.05) is 24.3 Å². The molecule has 96 valence electrons. The van der Waals surface area contributed by atoms with Crippen molar-refractivity contribution in [1.82, 2.24) is 19.7 Å². The van der Waals surface area contributed by atoms with Crippen molar-refractivity contribution in [2.75, 3.05) is 11.1 Å². The summed E-state index contributed by atoms with van der Waals surface area (Å²) in [7, 11) is 1.89. The van der Waals surface area contributed by atoms with E-state index in [1.165, 1.54) is 6.33 Å². The van der Waals surface area contributed by atoms with Crippen LogP contribution in [0.3, 0.4) is 0 Å². The summed E-state index contributed by atoms with van der Waals surface area (Å²) in [5.41, 5.74) is 9.12. The van der Waals surface area contributed by atoms with Crippen molar-refractivity contribution in [3.8, 4) is 0 Å². The normalized spacial score (nSPS) is 10.8. The van der Waals surface area contributed by atoms with Gasteiger partial charge in [-0.2, -0.15) is 5.10 Å². The first-order valence-corrected chi connectivity index (χ1v) is 5.91. The molecule has 0 radical (unpaired) electrons. The fraction of sp³-hybridized carbons (Fsp3) is 0.154. The maximum absolute atomic E-state index is 5.76. The molecule has 3 rings (SSSR count). The van der Waals surface area contributed by atoms with Crippen molar-refractivity contribution in [3.05, 3.63) is 36.4 Å². The number of nitrogen functional groups attached to an aromatic ring is 1. The second kappa shape index (κ2) is 4.24. The Hall–Kier alpha value is -2.63. The van der Waals surface area contributed by atoms with Crippen molar-refractivity contribution >= 4 is 28.1 Å². The van der Waals surface area contributed by atoms with Gasteiger partial charge in [-0.1, -0.05) is 0 Å². The number of fused-ring (bicyclic) bond motifs is 1. The average Bonchev–Trinajstić information content (AvgIpc) is 2.68. The number of rotatable bonds is 2. The number of aromatic nitrogens is 4. The second-order valence-electron chi connectivity index (χ2n) is 4.43. The summed E-state index contributed by atoms with van der Waals surface area (Å²) in [4.78, 5) is 8.50. The molecule has 1 aromatic carbocycles. The molecule has 3 N–H and O–H groups in total. The molecule has 2 aromatic heterocycles. The summed E-state index contributed by atoms with van der Waals surface area (Å²) >= 11 is 0. The first kappa shape index (κ1) is 11.5. The molecule has 0 aliphatic rings. The van der Waals surface area contributed by atoms with Gasteiger partial charge < -0.3 is 11.1 Å². The molecule has 6 heteroatoms. The van der Waals surface area contributed by atoms with Gasteiger partial charge in [0.25, 0.3) is 0 Å². The smallest absolute Gasteiger partial charge is 0.141 e. The first-order valence-electron chi connectivity index (χ1n) is 5.91. The molecule has 0 spiro atoms. The number of hydrogen-bond donors (Lipinski definition) is 2. The number of benzene rings is 1. The summed E-state index contributed by atoms with van der Waals surface area (Å²) in [6, 6.07) is 5.59. The Morgan fingerprint density at radius 2 is 2.11 bits per heavy atom. The summed E-state index contributed by atoms with van der Waals surface area (Å²) in [5.74, 6) is 0.751. The van der Waals surface area contributed by atoms with Crippen LogP contribution in [-0.2, 0) is 7.05 Å². The third-order valence-corrected chi connectivity index (χ3v) is 2.93. The van der Waals surface area contributed by atoms with Gasteiger partial charge in [0.05, 0.1) is 16.9 Å². The van der Waals surface area contributed by atoms with Gasteiger partial charge in [-0.3, -0.25) is 4.68 Å². The number of nitrogens with two attached hydrogens (primary N) is 1. The fourth-order valence-corrected chi connectivity index (χ4v) is 2.02. The van der Waals surface area contributed by atoms with Crippen LogP contribution >= 0.6 is 0 Å². The van der Waals surface area contributed by atoms with E-state index in [0.29, 0.717) is 5.69 Å². The van der Waals surface area contributed by atoms with Gasteiger partial charge in [-0.05, 0) is 25.1 Å². The van der Waals surface area contributed by atoms with Crippen LogP contribution in [-0.4, -0.2) is 19.7 Å². The molecular weight excluding hydrogens is 240 g/mol. The van der Waals surface area contributed by atoms with Gasteiger partial charge >= 0.3 is 0 Å². The molecule has 0 aliphatic heterocycles. The van der Waals surface area contributed by atoms with E-state index < -0.39 is 0 Å². The van der Waals surface area contributed by atoms with E-state index in [-0.39, 0.29) is 0 Å². The van der Waals surface area contributed by atoms with E-state index in [1.807, 2.05) is 38.4 Å². The molecular formula is C13H14N6. The number of nitrogens with zero attached hydrogens (tertiary/aromatic N) is 4. The predicted molar refractivity (Wildman–Crippen MR) is 75.2 cm³/mol. The molecule has 6 nitrogen and oxygen atoms in total.